The van der Waals surface area contributed by atoms with Crippen molar-refractivity contribution in [3.05, 3.63) is 24.1 Å². The van der Waals surface area contributed by atoms with E-state index in [1.807, 2.05) is 39.0 Å². The van der Waals surface area contributed by atoms with Gasteiger partial charge in [0.05, 0.1) is 0 Å². The molecule has 1 aromatic heterocycles. The van der Waals surface area contributed by atoms with E-state index in [0.29, 0.717) is 42.9 Å². The largest absolute Gasteiger partial charge is 0.454 e. The van der Waals surface area contributed by atoms with Gasteiger partial charge in [0, 0.05) is 25.1 Å². The molecule has 1 saturated heterocycles. The number of rotatable bonds is 3. The van der Waals surface area contributed by atoms with Crippen LogP contribution in [0.4, 0.5) is 4.79 Å². The first-order valence-electron chi connectivity index (χ1n) is 9.58. The molecule has 0 radical (unpaired) electrons. The molecule has 1 fully saturated rings. The van der Waals surface area contributed by atoms with Gasteiger partial charge in [-0.3, -0.25) is 0 Å². The van der Waals surface area contributed by atoms with Crippen LogP contribution in [0, 0.1) is 5.92 Å². The molecule has 8 heteroatoms. The molecule has 28 heavy (non-hydrogen) atoms. The number of amides is 1. The summed E-state index contributed by atoms with van der Waals surface area (Å²) < 4.78 is 21.6. The Morgan fingerprint density at radius 1 is 1.21 bits per heavy atom. The zero-order valence-corrected chi connectivity index (χ0v) is 16.4. The Morgan fingerprint density at radius 3 is 2.71 bits per heavy atom. The smallest absolute Gasteiger partial charge is 0.410 e. The summed E-state index contributed by atoms with van der Waals surface area (Å²) in [5.74, 6) is 2.98. The molecular weight excluding hydrogens is 362 g/mol. The van der Waals surface area contributed by atoms with E-state index in [0.717, 1.165) is 24.2 Å². The number of ether oxygens (including phenoxy) is 3. The van der Waals surface area contributed by atoms with Crippen LogP contribution in [0.25, 0.3) is 11.4 Å². The zero-order valence-electron chi connectivity index (χ0n) is 16.4. The van der Waals surface area contributed by atoms with Gasteiger partial charge in [-0.1, -0.05) is 5.16 Å². The Kier molecular flexibility index (Phi) is 4.87. The van der Waals surface area contributed by atoms with Gasteiger partial charge in [0.15, 0.2) is 11.5 Å². The Bertz CT molecular complexity index is 850. The molecule has 0 aliphatic carbocycles. The van der Waals surface area contributed by atoms with Gasteiger partial charge in [-0.15, -0.1) is 0 Å². The monoisotopic (exact) mass is 387 g/mol. The van der Waals surface area contributed by atoms with Crippen molar-refractivity contribution in [2.24, 2.45) is 5.92 Å². The molecule has 150 valence electrons. The number of nitrogens with zero attached hydrogens (tertiary/aromatic N) is 3. The van der Waals surface area contributed by atoms with Crippen LogP contribution in [0.15, 0.2) is 22.7 Å². The number of benzene rings is 1. The number of fused-ring (bicyclic) bond motifs is 1. The van der Waals surface area contributed by atoms with Crippen LogP contribution >= 0.6 is 0 Å². The van der Waals surface area contributed by atoms with Crippen molar-refractivity contribution < 1.29 is 23.5 Å². The highest BCUT2D eigenvalue weighted by Gasteiger charge is 2.28. The summed E-state index contributed by atoms with van der Waals surface area (Å²) in [5.41, 5.74) is 0.363. The Hall–Kier alpha value is -2.77. The van der Waals surface area contributed by atoms with Crippen LogP contribution in [0.3, 0.4) is 0 Å². The Labute approximate surface area is 163 Å². The highest BCUT2D eigenvalue weighted by atomic mass is 16.7. The molecular formula is C20H25N3O5. The molecule has 8 nitrogen and oxygen atoms in total. The van der Waals surface area contributed by atoms with Crippen molar-refractivity contribution in [1.82, 2.24) is 15.0 Å². The SMILES string of the molecule is CC(C)(C)OC(=O)N1CCC(Cc2nc(-c3ccc4c(c3)OCO4)no2)CC1. The van der Waals surface area contributed by atoms with Crippen molar-refractivity contribution in [2.75, 3.05) is 19.9 Å². The van der Waals surface area contributed by atoms with E-state index in [4.69, 9.17) is 18.7 Å². The number of hydrogen-bond acceptors (Lipinski definition) is 7. The highest BCUT2D eigenvalue weighted by molar-refractivity contribution is 5.68. The number of likely N-dealkylation sites (tertiary alicyclic amines) is 1. The van der Waals surface area contributed by atoms with Gasteiger partial charge >= 0.3 is 6.09 Å². The van der Waals surface area contributed by atoms with Crippen LogP contribution in [0.2, 0.25) is 0 Å². The number of carbonyl (C=O) groups is 1. The van der Waals surface area contributed by atoms with Crippen molar-refractivity contribution in [3.63, 3.8) is 0 Å². The summed E-state index contributed by atoms with van der Waals surface area (Å²) >= 11 is 0. The minimum Gasteiger partial charge on any atom is -0.454 e. The van der Waals surface area contributed by atoms with E-state index in [-0.39, 0.29) is 12.9 Å². The fourth-order valence-corrected chi connectivity index (χ4v) is 3.38. The summed E-state index contributed by atoms with van der Waals surface area (Å²) in [6, 6.07) is 5.60. The lowest BCUT2D eigenvalue weighted by molar-refractivity contribution is 0.0182. The topological polar surface area (TPSA) is 86.9 Å². The second-order valence-corrected chi connectivity index (χ2v) is 8.19. The minimum atomic E-state index is -0.469. The lowest BCUT2D eigenvalue weighted by Crippen LogP contribution is -2.42. The molecule has 0 N–H and O–H groups in total. The van der Waals surface area contributed by atoms with Gasteiger partial charge in [0.25, 0.3) is 0 Å². The maximum absolute atomic E-state index is 12.2. The fraction of sp³-hybridized carbons (Fsp3) is 0.550. The van der Waals surface area contributed by atoms with E-state index in [1.54, 1.807) is 4.90 Å². The van der Waals surface area contributed by atoms with Gasteiger partial charge in [-0.2, -0.15) is 4.98 Å². The first-order chi connectivity index (χ1) is 13.4. The van der Waals surface area contributed by atoms with Crippen LogP contribution in [0.1, 0.15) is 39.5 Å². The molecule has 0 saturated carbocycles. The molecule has 3 heterocycles. The molecule has 0 bridgehead atoms. The lowest BCUT2D eigenvalue weighted by Gasteiger charge is -2.33. The molecule has 1 aromatic carbocycles. The molecule has 4 rings (SSSR count). The molecule has 0 spiro atoms. The van der Waals surface area contributed by atoms with Gasteiger partial charge < -0.3 is 23.6 Å². The van der Waals surface area contributed by atoms with Crippen LogP contribution < -0.4 is 9.47 Å². The predicted molar refractivity (Wildman–Crippen MR) is 100 cm³/mol. The molecule has 1 amide bonds. The van der Waals surface area contributed by atoms with E-state index in [2.05, 4.69) is 10.1 Å². The van der Waals surface area contributed by atoms with Crippen molar-refractivity contribution in [3.8, 4) is 22.9 Å². The Morgan fingerprint density at radius 2 is 1.96 bits per heavy atom. The van der Waals surface area contributed by atoms with E-state index < -0.39 is 5.60 Å². The first-order valence-corrected chi connectivity index (χ1v) is 9.58. The maximum Gasteiger partial charge on any atom is 0.410 e. The second kappa shape index (κ2) is 7.33. The summed E-state index contributed by atoms with van der Waals surface area (Å²) in [7, 11) is 0. The fourth-order valence-electron chi connectivity index (χ4n) is 3.38. The molecule has 2 aliphatic heterocycles. The molecule has 2 aromatic rings. The quantitative estimate of drug-likeness (QED) is 0.794. The third kappa shape index (κ3) is 4.21. The first kappa shape index (κ1) is 18.6. The minimum absolute atomic E-state index is 0.234. The molecule has 0 unspecified atom stereocenters. The standard InChI is InChI=1S/C20H25N3O5/c1-20(2,3)27-19(24)23-8-6-13(7-9-23)10-17-21-18(22-28-17)14-4-5-15-16(11-14)26-12-25-15/h4-5,11,13H,6-10,12H2,1-3H3. The van der Waals surface area contributed by atoms with Crippen LogP contribution in [0.5, 0.6) is 11.5 Å². The van der Waals surface area contributed by atoms with E-state index >= 15 is 0 Å². The average molecular weight is 387 g/mol. The third-order valence-electron chi connectivity index (χ3n) is 4.83. The van der Waals surface area contributed by atoms with E-state index in [1.165, 1.54) is 0 Å². The van der Waals surface area contributed by atoms with E-state index in [9.17, 15) is 4.79 Å². The zero-order chi connectivity index (χ0) is 19.7. The summed E-state index contributed by atoms with van der Waals surface area (Å²) in [5, 5.41) is 4.09. The lowest BCUT2D eigenvalue weighted by atomic mass is 9.94. The van der Waals surface area contributed by atoms with Crippen molar-refractivity contribution in [1.29, 1.82) is 0 Å². The summed E-state index contributed by atoms with van der Waals surface area (Å²) in [4.78, 5) is 18.5. The van der Waals surface area contributed by atoms with Gasteiger partial charge in [0.1, 0.15) is 5.60 Å². The van der Waals surface area contributed by atoms with Gasteiger partial charge in [0.2, 0.25) is 18.5 Å². The highest BCUT2D eigenvalue weighted by Crippen LogP contribution is 2.35. The normalized spacial score (nSPS) is 17.0. The van der Waals surface area contributed by atoms with Gasteiger partial charge in [-0.25, -0.2) is 4.79 Å². The molecule has 0 atom stereocenters. The molecule has 2 aliphatic rings. The van der Waals surface area contributed by atoms with Crippen molar-refractivity contribution >= 4 is 6.09 Å². The second-order valence-electron chi connectivity index (χ2n) is 8.19. The number of piperidine rings is 1. The van der Waals surface area contributed by atoms with Gasteiger partial charge in [-0.05, 0) is 57.7 Å². The van der Waals surface area contributed by atoms with Crippen LogP contribution in [-0.4, -0.2) is 46.6 Å². The Balaban J connectivity index is 1.32. The third-order valence-corrected chi connectivity index (χ3v) is 4.83. The summed E-state index contributed by atoms with van der Waals surface area (Å²) in [6.07, 6.45) is 2.25. The number of hydrogen-bond donors (Lipinski definition) is 0. The van der Waals surface area contributed by atoms with Crippen LogP contribution in [-0.2, 0) is 11.2 Å². The average Bonchev–Trinajstić information content (AvgIpc) is 3.29. The maximum atomic E-state index is 12.2. The number of aromatic nitrogens is 2. The predicted octanol–water partition coefficient (Wildman–Crippen LogP) is 3.65. The van der Waals surface area contributed by atoms with Crippen molar-refractivity contribution in [2.45, 2.75) is 45.6 Å². The summed E-state index contributed by atoms with van der Waals surface area (Å²) in [6.45, 7) is 7.24. The number of carbonyl (C=O) groups excluding carboxylic acids is 1.